The van der Waals surface area contributed by atoms with Crippen LogP contribution in [-0.2, 0) is 4.74 Å². The molecule has 2 aromatic carbocycles. The van der Waals surface area contributed by atoms with Crippen molar-refractivity contribution in [3.63, 3.8) is 0 Å². The van der Waals surface area contributed by atoms with Crippen LogP contribution in [0.1, 0.15) is 10.4 Å². The molecule has 134 valence electrons. The van der Waals surface area contributed by atoms with E-state index < -0.39 is 0 Å². The standard InChI is InChI=1S/C20H15N3O3S/c1-26-19(25)15-9-7-14(8-10-15)17-12-27-20(21-17)23-18(24)11-16(22-23)13-5-3-2-4-6-13/h2-12,24H,1H3. The molecule has 0 fully saturated rings. The lowest BCUT2D eigenvalue weighted by molar-refractivity contribution is 0.0600. The lowest BCUT2D eigenvalue weighted by Gasteiger charge is -2.01. The van der Waals surface area contributed by atoms with Crippen molar-refractivity contribution in [2.75, 3.05) is 7.11 Å². The number of nitrogens with zero attached hydrogens (tertiary/aromatic N) is 3. The summed E-state index contributed by atoms with van der Waals surface area (Å²) in [6.45, 7) is 0. The molecular formula is C20H15N3O3S. The maximum atomic E-state index is 11.5. The first kappa shape index (κ1) is 17.0. The molecule has 0 aliphatic heterocycles. The fourth-order valence-corrected chi connectivity index (χ4v) is 3.44. The van der Waals surface area contributed by atoms with E-state index in [9.17, 15) is 9.90 Å². The Labute approximate surface area is 159 Å². The molecule has 7 heteroatoms. The first-order valence-electron chi connectivity index (χ1n) is 8.15. The van der Waals surface area contributed by atoms with E-state index in [0.717, 1.165) is 16.8 Å². The summed E-state index contributed by atoms with van der Waals surface area (Å²) in [6, 6.07) is 18.3. The van der Waals surface area contributed by atoms with Gasteiger partial charge in [-0.2, -0.15) is 9.78 Å². The van der Waals surface area contributed by atoms with E-state index in [1.165, 1.54) is 23.1 Å². The number of esters is 1. The Morgan fingerprint density at radius 2 is 1.74 bits per heavy atom. The van der Waals surface area contributed by atoms with Gasteiger partial charge in [-0.15, -0.1) is 11.3 Å². The van der Waals surface area contributed by atoms with Gasteiger partial charge in [0.1, 0.15) is 0 Å². The van der Waals surface area contributed by atoms with Gasteiger partial charge in [0.05, 0.1) is 24.1 Å². The molecule has 0 radical (unpaired) electrons. The fraction of sp³-hybridized carbons (Fsp3) is 0.0500. The Balaban J connectivity index is 1.63. The van der Waals surface area contributed by atoms with E-state index in [0.29, 0.717) is 16.4 Å². The Morgan fingerprint density at radius 3 is 2.44 bits per heavy atom. The van der Waals surface area contributed by atoms with Gasteiger partial charge < -0.3 is 9.84 Å². The third-order valence-electron chi connectivity index (χ3n) is 4.04. The van der Waals surface area contributed by atoms with E-state index >= 15 is 0 Å². The van der Waals surface area contributed by atoms with Gasteiger partial charge in [0.2, 0.25) is 11.0 Å². The predicted molar refractivity (Wildman–Crippen MR) is 103 cm³/mol. The minimum absolute atomic E-state index is 0.0239. The molecule has 0 aliphatic rings. The van der Waals surface area contributed by atoms with Crippen molar-refractivity contribution in [1.82, 2.24) is 14.8 Å². The topological polar surface area (TPSA) is 77.2 Å². The highest BCUT2D eigenvalue weighted by atomic mass is 32.1. The average molecular weight is 377 g/mol. The van der Waals surface area contributed by atoms with E-state index in [4.69, 9.17) is 4.74 Å². The second-order valence-electron chi connectivity index (χ2n) is 5.75. The van der Waals surface area contributed by atoms with Gasteiger partial charge in [-0.05, 0) is 12.1 Å². The van der Waals surface area contributed by atoms with Crippen molar-refractivity contribution in [2.45, 2.75) is 0 Å². The number of carbonyl (C=O) groups is 1. The number of rotatable bonds is 4. The Morgan fingerprint density at radius 1 is 1.04 bits per heavy atom. The molecule has 6 nitrogen and oxygen atoms in total. The number of aromatic nitrogens is 3. The van der Waals surface area contributed by atoms with Crippen LogP contribution in [0.5, 0.6) is 5.88 Å². The highest BCUT2D eigenvalue weighted by molar-refractivity contribution is 7.12. The van der Waals surface area contributed by atoms with Crippen LogP contribution in [0.15, 0.2) is 66.0 Å². The minimum atomic E-state index is -0.379. The number of carbonyl (C=O) groups excluding carboxylic acids is 1. The van der Waals surface area contributed by atoms with Gasteiger partial charge in [0.15, 0.2) is 0 Å². The maximum Gasteiger partial charge on any atom is 0.337 e. The molecule has 0 bridgehead atoms. The zero-order valence-corrected chi connectivity index (χ0v) is 15.2. The van der Waals surface area contributed by atoms with Crippen LogP contribution >= 0.6 is 11.3 Å². The molecule has 0 amide bonds. The maximum absolute atomic E-state index is 11.5. The molecule has 0 aliphatic carbocycles. The van der Waals surface area contributed by atoms with Crippen molar-refractivity contribution in [3.8, 4) is 33.5 Å². The van der Waals surface area contributed by atoms with Crippen molar-refractivity contribution in [3.05, 3.63) is 71.6 Å². The van der Waals surface area contributed by atoms with Crippen LogP contribution in [0, 0.1) is 0 Å². The van der Waals surface area contributed by atoms with Gasteiger partial charge in [-0.25, -0.2) is 9.78 Å². The van der Waals surface area contributed by atoms with Gasteiger partial charge in [0.25, 0.3) is 0 Å². The van der Waals surface area contributed by atoms with Crippen molar-refractivity contribution in [2.24, 2.45) is 0 Å². The predicted octanol–water partition coefficient (Wildman–Crippen LogP) is 4.16. The number of ether oxygens (including phenoxy) is 1. The third kappa shape index (κ3) is 3.32. The summed E-state index contributed by atoms with van der Waals surface area (Å²) in [7, 11) is 1.35. The van der Waals surface area contributed by atoms with E-state index in [1.54, 1.807) is 18.2 Å². The van der Waals surface area contributed by atoms with Crippen LogP contribution in [0.2, 0.25) is 0 Å². The zero-order chi connectivity index (χ0) is 18.8. The molecule has 27 heavy (non-hydrogen) atoms. The quantitative estimate of drug-likeness (QED) is 0.541. The molecular weight excluding hydrogens is 362 g/mol. The van der Waals surface area contributed by atoms with Crippen LogP contribution in [0.3, 0.4) is 0 Å². The summed E-state index contributed by atoms with van der Waals surface area (Å²) >= 11 is 1.37. The fourth-order valence-electron chi connectivity index (χ4n) is 2.65. The average Bonchev–Trinajstić information content (AvgIpc) is 3.35. The summed E-state index contributed by atoms with van der Waals surface area (Å²) in [4.78, 5) is 16.1. The minimum Gasteiger partial charge on any atom is -0.493 e. The molecule has 4 aromatic rings. The molecule has 2 heterocycles. The first-order chi connectivity index (χ1) is 13.2. The number of benzene rings is 2. The second-order valence-corrected chi connectivity index (χ2v) is 6.59. The Hall–Kier alpha value is -3.45. The highest BCUT2D eigenvalue weighted by Gasteiger charge is 2.14. The normalized spacial score (nSPS) is 10.7. The largest absolute Gasteiger partial charge is 0.493 e. The smallest absolute Gasteiger partial charge is 0.337 e. The number of hydrogen-bond acceptors (Lipinski definition) is 6. The van der Waals surface area contributed by atoms with Gasteiger partial charge in [-0.1, -0.05) is 42.5 Å². The lowest BCUT2D eigenvalue weighted by Crippen LogP contribution is -2.00. The number of thiazole rings is 1. The third-order valence-corrected chi connectivity index (χ3v) is 4.85. The van der Waals surface area contributed by atoms with Crippen molar-refractivity contribution in [1.29, 1.82) is 0 Å². The SMILES string of the molecule is COC(=O)c1ccc(-c2csc(-n3nc(-c4ccccc4)cc3O)n2)cc1. The highest BCUT2D eigenvalue weighted by Crippen LogP contribution is 2.29. The zero-order valence-electron chi connectivity index (χ0n) is 14.4. The van der Waals surface area contributed by atoms with Crippen LogP contribution in [-0.4, -0.2) is 33.0 Å². The summed E-state index contributed by atoms with van der Waals surface area (Å²) in [5, 5.41) is 17.2. The number of methoxy groups -OCH3 is 1. The van der Waals surface area contributed by atoms with Crippen molar-refractivity contribution >= 4 is 17.3 Å². The van der Waals surface area contributed by atoms with E-state index in [1.807, 2.05) is 47.8 Å². The summed E-state index contributed by atoms with van der Waals surface area (Å²) in [5.74, 6) is -0.355. The van der Waals surface area contributed by atoms with Crippen LogP contribution in [0.25, 0.3) is 27.6 Å². The molecule has 4 rings (SSSR count). The molecule has 0 atom stereocenters. The molecule has 2 aromatic heterocycles. The molecule has 0 spiro atoms. The molecule has 0 saturated carbocycles. The number of aromatic hydroxyl groups is 1. The van der Waals surface area contributed by atoms with Crippen LogP contribution < -0.4 is 0 Å². The van der Waals surface area contributed by atoms with Gasteiger partial charge >= 0.3 is 5.97 Å². The van der Waals surface area contributed by atoms with E-state index in [-0.39, 0.29) is 11.8 Å². The van der Waals surface area contributed by atoms with E-state index in [2.05, 4.69) is 10.1 Å². The first-order valence-corrected chi connectivity index (χ1v) is 9.03. The summed E-state index contributed by atoms with van der Waals surface area (Å²) in [5.41, 5.74) is 3.67. The molecule has 0 unspecified atom stereocenters. The Bertz CT molecular complexity index is 1090. The summed E-state index contributed by atoms with van der Waals surface area (Å²) in [6.07, 6.45) is 0. The van der Waals surface area contributed by atoms with Gasteiger partial charge in [0, 0.05) is 22.6 Å². The van der Waals surface area contributed by atoms with Crippen LogP contribution in [0.4, 0.5) is 0 Å². The molecule has 0 saturated heterocycles. The Kier molecular flexibility index (Phi) is 4.43. The second kappa shape index (κ2) is 7.05. The van der Waals surface area contributed by atoms with Crippen molar-refractivity contribution < 1.29 is 14.6 Å². The molecule has 1 N–H and O–H groups in total. The lowest BCUT2D eigenvalue weighted by atomic mass is 10.1. The summed E-state index contributed by atoms with van der Waals surface area (Å²) < 4.78 is 6.12. The van der Waals surface area contributed by atoms with Gasteiger partial charge in [-0.3, -0.25) is 0 Å². The number of hydrogen-bond donors (Lipinski definition) is 1. The monoisotopic (exact) mass is 377 g/mol.